The van der Waals surface area contributed by atoms with Crippen LogP contribution in [0.1, 0.15) is 40.4 Å². The molecule has 0 unspecified atom stereocenters. The molecule has 4 aromatic carbocycles. The summed E-state index contributed by atoms with van der Waals surface area (Å²) in [6.07, 6.45) is 0.489. The van der Waals surface area contributed by atoms with Crippen LogP contribution in [0.3, 0.4) is 0 Å². The first kappa shape index (κ1) is 24.8. The van der Waals surface area contributed by atoms with Crippen LogP contribution < -0.4 is 5.32 Å². The lowest BCUT2D eigenvalue weighted by Crippen LogP contribution is -2.47. The third-order valence-electron chi connectivity index (χ3n) is 6.77. The van der Waals surface area contributed by atoms with E-state index in [0.29, 0.717) is 12.0 Å². The molecule has 1 fully saturated rings. The zero-order valence-corrected chi connectivity index (χ0v) is 21.5. The summed E-state index contributed by atoms with van der Waals surface area (Å²) >= 11 is 1.70. The van der Waals surface area contributed by atoms with Crippen molar-refractivity contribution >= 4 is 23.6 Å². The van der Waals surface area contributed by atoms with Crippen molar-refractivity contribution in [3.05, 3.63) is 144 Å². The molecule has 0 saturated heterocycles. The first-order chi connectivity index (χ1) is 18.1. The van der Waals surface area contributed by atoms with Gasteiger partial charge in [0.2, 0.25) is 0 Å². The monoisotopic (exact) mass is 507 g/mol. The lowest BCUT2D eigenvalue weighted by molar-refractivity contribution is -0.146. The van der Waals surface area contributed by atoms with Crippen molar-refractivity contribution in [3.63, 3.8) is 0 Å². The van der Waals surface area contributed by atoms with Gasteiger partial charge in [-0.1, -0.05) is 109 Å². The third kappa shape index (κ3) is 4.79. The van der Waals surface area contributed by atoms with Crippen molar-refractivity contribution in [1.82, 2.24) is 5.32 Å². The second-order valence-corrected chi connectivity index (χ2v) is 10.5. The molecule has 186 valence electrons. The van der Waals surface area contributed by atoms with Gasteiger partial charge in [0.05, 0.1) is 11.4 Å². The van der Waals surface area contributed by atoms with Gasteiger partial charge in [-0.15, -0.1) is 11.8 Å². The van der Waals surface area contributed by atoms with Crippen LogP contribution in [0.2, 0.25) is 0 Å². The van der Waals surface area contributed by atoms with Crippen molar-refractivity contribution in [3.8, 4) is 0 Å². The maximum atomic E-state index is 13.3. The Balaban J connectivity index is 1.59. The Morgan fingerprint density at radius 2 is 1.22 bits per heavy atom. The summed E-state index contributed by atoms with van der Waals surface area (Å²) in [5, 5.41) is 2.87. The predicted molar refractivity (Wildman–Crippen MR) is 148 cm³/mol. The lowest BCUT2D eigenvalue weighted by Gasteiger charge is -2.36. The minimum Gasteiger partial charge on any atom is -0.464 e. The van der Waals surface area contributed by atoms with E-state index in [1.54, 1.807) is 30.8 Å². The van der Waals surface area contributed by atoms with Gasteiger partial charge in [0.25, 0.3) is 5.91 Å². The molecule has 37 heavy (non-hydrogen) atoms. The molecule has 1 saturated carbocycles. The van der Waals surface area contributed by atoms with Gasteiger partial charge in [0.1, 0.15) is 0 Å². The summed E-state index contributed by atoms with van der Waals surface area (Å²) in [5.41, 5.74) is 2.74. The number of carbonyl (C=O) groups excluding carboxylic acids is 2. The summed E-state index contributed by atoms with van der Waals surface area (Å²) in [6.45, 7) is 2.04. The first-order valence-electron chi connectivity index (χ1n) is 12.5. The molecule has 5 heteroatoms. The molecule has 1 aliphatic carbocycles. The minimum absolute atomic E-state index is 0.195. The molecule has 5 rings (SSSR count). The molecule has 0 heterocycles. The molecular weight excluding hydrogens is 478 g/mol. The second kappa shape index (κ2) is 10.7. The highest BCUT2D eigenvalue weighted by atomic mass is 32.2. The Hall–Kier alpha value is -3.83. The molecule has 4 aromatic rings. The van der Waals surface area contributed by atoms with E-state index in [2.05, 4.69) is 41.7 Å². The largest absolute Gasteiger partial charge is 0.464 e. The average molecular weight is 508 g/mol. The Morgan fingerprint density at radius 1 is 0.784 bits per heavy atom. The molecule has 1 amide bonds. The van der Waals surface area contributed by atoms with E-state index in [0.717, 1.165) is 16.7 Å². The highest BCUT2D eigenvalue weighted by Crippen LogP contribution is 2.59. The average Bonchev–Trinajstić information content (AvgIpc) is 3.66. The number of rotatable bonds is 9. The summed E-state index contributed by atoms with van der Waals surface area (Å²) in [4.78, 5) is 26.6. The van der Waals surface area contributed by atoms with Crippen LogP contribution >= 0.6 is 11.8 Å². The summed E-state index contributed by atoms with van der Waals surface area (Å²) in [7, 11) is 0. The maximum Gasteiger partial charge on any atom is 0.333 e. The van der Waals surface area contributed by atoms with Crippen LogP contribution in [0.5, 0.6) is 0 Å². The molecule has 2 atom stereocenters. The van der Waals surface area contributed by atoms with Crippen LogP contribution in [0, 0.1) is 0 Å². The van der Waals surface area contributed by atoms with E-state index in [-0.39, 0.29) is 23.7 Å². The molecule has 4 nitrogen and oxygen atoms in total. The van der Waals surface area contributed by atoms with E-state index in [4.69, 9.17) is 4.74 Å². The smallest absolute Gasteiger partial charge is 0.333 e. The number of benzene rings is 4. The SMILES string of the molecule is CCOC(=O)[C@@]1(NC(=O)c2ccccc2)C[C@@H]1SC(c1ccccc1)(c1ccccc1)c1ccccc1. The molecular formula is C32H29NO3S. The second-order valence-electron chi connectivity index (χ2n) is 9.10. The fourth-order valence-corrected chi connectivity index (χ4v) is 6.78. The summed E-state index contributed by atoms with van der Waals surface area (Å²) in [6, 6.07) is 40.0. The van der Waals surface area contributed by atoms with E-state index in [9.17, 15) is 9.59 Å². The van der Waals surface area contributed by atoms with Crippen LogP contribution in [0.4, 0.5) is 0 Å². The Kier molecular flexibility index (Phi) is 7.15. The minimum atomic E-state index is -1.10. The van der Waals surface area contributed by atoms with E-state index >= 15 is 0 Å². The summed E-state index contributed by atoms with van der Waals surface area (Å²) < 4.78 is 4.90. The standard InChI is InChI=1S/C32H29NO3S/c1-2-36-30(35)31(33-29(34)24-15-7-3-8-16-24)23-28(31)37-32(25-17-9-4-10-18-25,26-19-11-5-12-20-26)27-21-13-6-14-22-27/h3-22,28H,2,23H2,1H3,(H,33,34)/t28-,31+/m0/s1. The molecule has 0 aromatic heterocycles. The number of carbonyl (C=O) groups is 2. The fraction of sp³-hybridized carbons (Fsp3) is 0.188. The summed E-state index contributed by atoms with van der Waals surface area (Å²) in [5.74, 6) is -0.665. The number of esters is 1. The highest BCUT2D eigenvalue weighted by Gasteiger charge is 2.65. The molecule has 0 spiro atoms. The van der Waals surface area contributed by atoms with Gasteiger partial charge in [-0.05, 0) is 42.2 Å². The third-order valence-corrected chi connectivity index (χ3v) is 8.68. The Bertz CT molecular complexity index is 1250. The normalized spacial score (nSPS) is 18.6. The van der Waals surface area contributed by atoms with Crippen molar-refractivity contribution in [1.29, 1.82) is 0 Å². The number of hydrogen-bond acceptors (Lipinski definition) is 4. The van der Waals surface area contributed by atoms with Gasteiger partial charge < -0.3 is 10.1 Å². The number of hydrogen-bond donors (Lipinski definition) is 1. The van der Waals surface area contributed by atoms with Gasteiger partial charge in [-0.25, -0.2) is 4.79 Å². The molecule has 0 aliphatic heterocycles. The van der Waals surface area contributed by atoms with Crippen molar-refractivity contribution in [2.45, 2.75) is 28.9 Å². The van der Waals surface area contributed by atoms with Gasteiger partial charge in [-0.2, -0.15) is 0 Å². The number of thioether (sulfide) groups is 1. The van der Waals surface area contributed by atoms with Crippen LogP contribution in [-0.2, 0) is 14.3 Å². The van der Waals surface area contributed by atoms with Crippen molar-refractivity contribution in [2.75, 3.05) is 6.61 Å². The number of nitrogens with one attached hydrogen (secondary N) is 1. The number of ether oxygens (including phenoxy) is 1. The quantitative estimate of drug-likeness (QED) is 0.216. The highest BCUT2D eigenvalue weighted by molar-refractivity contribution is 8.01. The van der Waals surface area contributed by atoms with Crippen molar-refractivity contribution in [2.24, 2.45) is 0 Å². The van der Waals surface area contributed by atoms with E-state index in [1.807, 2.05) is 72.8 Å². The van der Waals surface area contributed by atoms with E-state index in [1.165, 1.54) is 0 Å². The van der Waals surface area contributed by atoms with Crippen LogP contribution in [0.25, 0.3) is 0 Å². The van der Waals surface area contributed by atoms with E-state index < -0.39 is 10.3 Å². The number of amides is 1. The fourth-order valence-electron chi connectivity index (χ4n) is 4.83. The van der Waals surface area contributed by atoms with Gasteiger partial charge in [-0.3, -0.25) is 4.79 Å². The maximum absolute atomic E-state index is 13.3. The lowest BCUT2D eigenvalue weighted by atomic mass is 9.84. The molecule has 0 bridgehead atoms. The zero-order valence-electron chi connectivity index (χ0n) is 20.7. The molecule has 0 radical (unpaired) electrons. The van der Waals surface area contributed by atoms with Crippen LogP contribution in [0.15, 0.2) is 121 Å². The van der Waals surface area contributed by atoms with Crippen LogP contribution in [-0.4, -0.2) is 29.3 Å². The first-order valence-corrected chi connectivity index (χ1v) is 13.4. The zero-order chi connectivity index (χ0) is 25.7. The topological polar surface area (TPSA) is 55.4 Å². The molecule has 1 N–H and O–H groups in total. The Morgan fingerprint density at radius 3 is 1.65 bits per heavy atom. The van der Waals surface area contributed by atoms with Gasteiger partial charge in [0.15, 0.2) is 5.54 Å². The van der Waals surface area contributed by atoms with Crippen molar-refractivity contribution < 1.29 is 14.3 Å². The molecule has 1 aliphatic rings. The predicted octanol–water partition coefficient (Wildman–Crippen LogP) is 6.22. The Labute approximate surface area is 222 Å². The van der Waals surface area contributed by atoms with Gasteiger partial charge in [0, 0.05) is 10.8 Å². The van der Waals surface area contributed by atoms with Gasteiger partial charge >= 0.3 is 5.97 Å².